The Labute approximate surface area is 133 Å². The van der Waals surface area contributed by atoms with Crippen molar-refractivity contribution in [3.63, 3.8) is 0 Å². The second-order valence-electron chi connectivity index (χ2n) is 5.59. The van der Waals surface area contributed by atoms with E-state index < -0.39 is 0 Å². The Morgan fingerprint density at radius 1 is 1.14 bits per heavy atom. The lowest BCUT2D eigenvalue weighted by atomic mass is 10.1. The van der Waals surface area contributed by atoms with E-state index in [4.69, 9.17) is 0 Å². The molecule has 0 aliphatic rings. The number of nitrogens with zero attached hydrogens (tertiary/aromatic N) is 4. The van der Waals surface area contributed by atoms with Crippen LogP contribution in [0.4, 0.5) is 0 Å². The van der Waals surface area contributed by atoms with Gasteiger partial charge in [0.25, 0.3) is 0 Å². The summed E-state index contributed by atoms with van der Waals surface area (Å²) in [5.41, 5.74) is 3.18. The highest BCUT2D eigenvalue weighted by Gasteiger charge is 2.17. The molecule has 6 nitrogen and oxygen atoms in total. The van der Waals surface area contributed by atoms with Crippen molar-refractivity contribution in [3.8, 4) is 0 Å². The van der Waals surface area contributed by atoms with Crippen LogP contribution in [0.15, 0.2) is 0 Å². The Hall–Kier alpha value is -1.85. The molecule has 0 aromatic carbocycles. The fraction of sp³-hybridized carbons (Fsp3) is 0.688. The van der Waals surface area contributed by atoms with Crippen molar-refractivity contribution in [2.24, 2.45) is 7.05 Å². The molecule has 22 heavy (non-hydrogen) atoms. The Morgan fingerprint density at radius 3 is 2.18 bits per heavy atom. The first-order chi connectivity index (χ1) is 10.3. The zero-order chi connectivity index (χ0) is 16.9. The average molecular weight is 308 g/mol. The first-order valence-corrected chi connectivity index (χ1v) is 7.82. The molecule has 0 aliphatic heterocycles. The summed E-state index contributed by atoms with van der Waals surface area (Å²) in [5.74, 6) is -0.0160. The first-order valence-electron chi connectivity index (χ1n) is 7.82. The molecule has 0 unspecified atom stereocenters. The molecule has 1 heterocycles. The van der Waals surface area contributed by atoms with Gasteiger partial charge in [-0.2, -0.15) is 5.10 Å². The molecule has 0 radical (unpaired) electrons. The van der Waals surface area contributed by atoms with Crippen LogP contribution in [0.1, 0.15) is 37.2 Å². The van der Waals surface area contributed by atoms with E-state index in [-0.39, 0.29) is 18.4 Å². The van der Waals surface area contributed by atoms with Gasteiger partial charge in [0.15, 0.2) is 0 Å². The molecule has 1 aromatic rings. The number of aromatic nitrogens is 2. The summed E-state index contributed by atoms with van der Waals surface area (Å²) in [6.07, 6.45) is 1.06. The molecule has 0 bridgehead atoms. The lowest BCUT2D eigenvalue weighted by Gasteiger charge is -2.23. The lowest BCUT2D eigenvalue weighted by Crippen LogP contribution is -2.41. The molecule has 0 saturated carbocycles. The summed E-state index contributed by atoms with van der Waals surface area (Å²) >= 11 is 0. The van der Waals surface area contributed by atoms with Crippen molar-refractivity contribution >= 4 is 11.8 Å². The van der Waals surface area contributed by atoms with Crippen LogP contribution in [0.5, 0.6) is 0 Å². The van der Waals surface area contributed by atoms with E-state index >= 15 is 0 Å². The highest BCUT2D eigenvalue weighted by atomic mass is 16.2. The molecule has 0 N–H and O–H groups in total. The molecule has 1 rings (SSSR count). The minimum atomic E-state index is -0.0110. The summed E-state index contributed by atoms with van der Waals surface area (Å²) in [7, 11) is 3.59. The van der Waals surface area contributed by atoms with E-state index in [9.17, 15) is 9.59 Å². The van der Waals surface area contributed by atoms with Gasteiger partial charge in [-0.15, -0.1) is 0 Å². The number of aryl methyl sites for hydroxylation is 2. The van der Waals surface area contributed by atoms with Gasteiger partial charge in [0, 0.05) is 39.3 Å². The van der Waals surface area contributed by atoms with Gasteiger partial charge in [-0.3, -0.25) is 14.3 Å². The molecular formula is C16H28N4O2. The fourth-order valence-corrected chi connectivity index (χ4v) is 2.57. The minimum Gasteiger partial charge on any atom is -0.342 e. The van der Waals surface area contributed by atoms with Crippen LogP contribution in [0, 0.1) is 13.8 Å². The number of carbonyl (C=O) groups is 2. The predicted octanol–water partition coefficient (Wildman–Crippen LogP) is 1.30. The van der Waals surface area contributed by atoms with E-state index in [1.807, 2.05) is 39.4 Å². The van der Waals surface area contributed by atoms with Crippen LogP contribution in [0.3, 0.4) is 0 Å². The van der Waals surface area contributed by atoms with Crippen molar-refractivity contribution < 1.29 is 9.59 Å². The van der Waals surface area contributed by atoms with Crippen molar-refractivity contribution in [2.75, 3.05) is 26.7 Å². The predicted molar refractivity (Wildman–Crippen MR) is 86.6 cm³/mol. The third-order valence-electron chi connectivity index (χ3n) is 4.16. The highest BCUT2D eigenvalue weighted by molar-refractivity contribution is 5.84. The van der Waals surface area contributed by atoms with Gasteiger partial charge in [-0.1, -0.05) is 0 Å². The SMILES string of the molecule is CCN(CC)C(=O)CN(C)C(=O)CCc1c(C)nn(C)c1C. The highest BCUT2D eigenvalue weighted by Crippen LogP contribution is 2.14. The molecule has 0 atom stereocenters. The third-order valence-corrected chi connectivity index (χ3v) is 4.16. The van der Waals surface area contributed by atoms with Crippen LogP contribution in [-0.4, -0.2) is 58.1 Å². The van der Waals surface area contributed by atoms with Crippen LogP contribution >= 0.6 is 0 Å². The molecule has 0 aliphatic carbocycles. The second-order valence-corrected chi connectivity index (χ2v) is 5.59. The van der Waals surface area contributed by atoms with Gasteiger partial charge in [-0.25, -0.2) is 0 Å². The van der Waals surface area contributed by atoms with Crippen molar-refractivity contribution in [3.05, 3.63) is 17.0 Å². The number of hydrogen-bond donors (Lipinski definition) is 0. The maximum absolute atomic E-state index is 12.2. The minimum absolute atomic E-state index is 0.00501. The summed E-state index contributed by atoms with van der Waals surface area (Å²) in [6, 6.07) is 0. The van der Waals surface area contributed by atoms with E-state index in [0.717, 1.165) is 17.0 Å². The summed E-state index contributed by atoms with van der Waals surface area (Å²) in [4.78, 5) is 27.5. The normalized spacial score (nSPS) is 10.6. The van der Waals surface area contributed by atoms with Crippen LogP contribution in [-0.2, 0) is 23.1 Å². The van der Waals surface area contributed by atoms with Gasteiger partial charge < -0.3 is 9.80 Å². The molecular weight excluding hydrogens is 280 g/mol. The van der Waals surface area contributed by atoms with Gasteiger partial charge >= 0.3 is 0 Å². The van der Waals surface area contributed by atoms with Gasteiger partial charge in [-0.05, 0) is 39.7 Å². The van der Waals surface area contributed by atoms with E-state index in [0.29, 0.717) is 25.9 Å². The topological polar surface area (TPSA) is 58.4 Å². The Balaban J connectivity index is 2.56. The van der Waals surface area contributed by atoms with E-state index in [2.05, 4.69) is 5.10 Å². The molecule has 124 valence electrons. The third kappa shape index (κ3) is 4.32. The number of likely N-dealkylation sites (N-methyl/N-ethyl adjacent to an activating group) is 2. The molecule has 2 amide bonds. The molecule has 6 heteroatoms. The summed E-state index contributed by atoms with van der Waals surface area (Å²) < 4.78 is 1.84. The number of amides is 2. The lowest BCUT2D eigenvalue weighted by molar-refractivity contribution is -0.139. The van der Waals surface area contributed by atoms with Gasteiger partial charge in [0.1, 0.15) is 0 Å². The summed E-state index contributed by atoms with van der Waals surface area (Å²) in [6.45, 7) is 9.34. The number of carbonyl (C=O) groups excluding carboxylic acids is 2. The number of rotatable bonds is 7. The zero-order valence-corrected chi connectivity index (χ0v) is 14.6. The molecule has 0 fully saturated rings. The van der Waals surface area contributed by atoms with Gasteiger partial charge in [0.2, 0.25) is 11.8 Å². The fourth-order valence-electron chi connectivity index (χ4n) is 2.57. The van der Waals surface area contributed by atoms with Crippen LogP contribution in [0.2, 0.25) is 0 Å². The smallest absolute Gasteiger partial charge is 0.242 e. The zero-order valence-electron chi connectivity index (χ0n) is 14.6. The van der Waals surface area contributed by atoms with E-state index in [1.54, 1.807) is 11.9 Å². The monoisotopic (exact) mass is 308 g/mol. The van der Waals surface area contributed by atoms with E-state index in [1.165, 1.54) is 4.90 Å². The maximum atomic E-state index is 12.2. The largest absolute Gasteiger partial charge is 0.342 e. The quantitative estimate of drug-likeness (QED) is 0.763. The molecule has 1 aromatic heterocycles. The van der Waals surface area contributed by atoms with Crippen LogP contribution < -0.4 is 0 Å². The summed E-state index contributed by atoms with van der Waals surface area (Å²) in [5, 5.41) is 4.36. The van der Waals surface area contributed by atoms with Crippen LogP contribution in [0.25, 0.3) is 0 Å². The maximum Gasteiger partial charge on any atom is 0.242 e. The Morgan fingerprint density at radius 2 is 1.73 bits per heavy atom. The molecule has 0 saturated heterocycles. The van der Waals surface area contributed by atoms with Gasteiger partial charge in [0.05, 0.1) is 12.2 Å². The number of hydrogen-bond acceptors (Lipinski definition) is 3. The Bertz CT molecular complexity index is 532. The standard InChI is InChI=1S/C16H28N4O2/c1-7-20(8-2)16(22)11-18(5)15(21)10-9-14-12(3)17-19(6)13(14)4/h7-11H2,1-6H3. The van der Waals surface area contributed by atoms with Crippen molar-refractivity contribution in [1.29, 1.82) is 0 Å². The van der Waals surface area contributed by atoms with Crippen molar-refractivity contribution in [1.82, 2.24) is 19.6 Å². The first kappa shape index (κ1) is 18.2. The van der Waals surface area contributed by atoms with Crippen molar-refractivity contribution in [2.45, 2.75) is 40.5 Å². The molecule has 0 spiro atoms. The average Bonchev–Trinajstić information content (AvgIpc) is 2.71. The second kappa shape index (κ2) is 7.96. The Kier molecular flexibility index (Phi) is 6.59.